The number of morpholine rings is 1. The summed E-state index contributed by atoms with van der Waals surface area (Å²) in [6.45, 7) is 1.20. The van der Waals surface area contributed by atoms with E-state index in [2.05, 4.69) is 5.32 Å². The number of aliphatic hydroxyl groups is 1. The van der Waals surface area contributed by atoms with E-state index < -0.39 is 12.1 Å². The number of halogens is 1. The smallest absolute Gasteiger partial charge is 0.254 e. The number of likely N-dealkylation sites (tertiary alicyclic amines) is 1. The maximum atomic E-state index is 12.9. The molecule has 7 heteroatoms. The first-order valence-electron chi connectivity index (χ1n) is 8.15. The van der Waals surface area contributed by atoms with Crippen molar-refractivity contribution < 1.29 is 19.4 Å². The summed E-state index contributed by atoms with van der Waals surface area (Å²) in [6, 6.07) is 6.54. The number of benzene rings is 1. The molecule has 1 aromatic carbocycles. The van der Waals surface area contributed by atoms with Crippen LogP contribution in [0.5, 0.6) is 0 Å². The van der Waals surface area contributed by atoms with Gasteiger partial charge in [0.1, 0.15) is 6.61 Å². The molecule has 24 heavy (non-hydrogen) atoms. The molecule has 2 fully saturated rings. The zero-order chi connectivity index (χ0) is 17.1. The number of carbonyl (C=O) groups is 2. The molecule has 0 spiro atoms. The van der Waals surface area contributed by atoms with Crippen LogP contribution >= 0.6 is 11.6 Å². The molecule has 2 heterocycles. The largest absolute Gasteiger partial charge is 0.396 e. The Morgan fingerprint density at radius 1 is 1.33 bits per heavy atom. The Balaban J connectivity index is 1.78. The van der Waals surface area contributed by atoms with E-state index in [-0.39, 0.29) is 30.9 Å². The Labute approximate surface area is 145 Å². The van der Waals surface area contributed by atoms with E-state index in [0.29, 0.717) is 23.7 Å². The minimum absolute atomic E-state index is 0.134. The van der Waals surface area contributed by atoms with Crippen LogP contribution < -0.4 is 5.32 Å². The molecule has 2 unspecified atom stereocenters. The van der Waals surface area contributed by atoms with Gasteiger partial charge in [-0.1, -0.05) is 29.8 Å². The average molecular weight is 353 g/mol. The minimum atomic E-state index is -0.784. The molecule has 0 aromatic heterocycles. The van der Waals surface area contributed by atoms with Gasteiger partial charge in [-0.15, -0.1) is 0 Å². The van der Waals surface area contributed by atoms with Crippen molar-refractivity contribution in [3.63, 3.8) is 0 Å². The van der Waals surface area contributed by atoms with Gasteiger partial charge in [-0.3, -0.25) is 9.59 Å². The summed E-state index contributed by atoms with van der Waals surface area (Å²) in [5.41, 5.74) is 0.677. The van der Waals surface area contributed by atoms with E-state index in [0.717, 1.165) is 12.8 Å². The molecule has 0 saturated carbocycles. The molecule has 2 aliphatic rings. The van der Waals surface area contributed by atoms with Gasteiger partial charge in [0.15, 0.2) is 6.10 Å². The van der Waals surface area contributed by atoms with Gasteiger partial charge in [0.2, 0.25) is 5.91 Å². The molecule has 2 saturated heterocycles. The first-order chi connectivity index (χ1) is 11.6. The number of rotatable bonds is 3. The van der Waals surface area contributed by atoms with Crippen molar-refractivity contribution in [1.82, 2.24) is 10.2 Å². The zero-order valence-electron chi connectivity index (χ0n) is 13.3. The van der Waals surface area contributed by atoms with Crippen molar-refractivity contribution in [1.29, 1.82) is 0 Å². The number of ether oxygens (including phenoxy) is 1. The predicted octanol–water partition coefficient (Wildman–Crippen LogP) is 1.13. The van der Waals surface area contributed by atoms with Gasteiger partial charge in [0, 0.05) is 24.7 Å². The van der Waals surface area contributed by atoms with Crippen LogP contribution in [0.15, 0.2) is 24.3 Å². The number of nitrogens with one attached hydrogen (secondary N) is 1. The predicted molar refractivity (Wildman–Crippen MR) is 88.5 cm³/mol. The van der Waals surface area contributed by atoms with Gasteiger partial charge in [-0.25, -0.2) is 0 Å². The van der Waals surface area contributed by atoms with Crippen molar-refractivity contribution in [3.8, 4) is 0 Å². The van der Waals surface area contributed by atoms with Gasteiger partial charge in [0.25, 0.3) is 5.91 Å². The Hall–Kier alpha value is -1.63. The van der Waals surface area contributed by atoms with E-state index in [1.165, 1.54) is 0 Å². The fourth-order valence-corrected chi connectivity index (χ4v) is 3.50. The number of nitrogens with zero attached hydrogens (tertiary/aromatic N) is 1. The molecular formula is C17H21ClN2O4. The van der Waals surface area contributed by atoms with E-state index >= 15 is 0 Å². The highest BCUT2D eigenvalue weighted by Crippen LogP contribution is 2.30. The third-order valence-corrected chi connectivity index (χ3v) is 5.03. The maximum Gasteiger partial charge on any atom is 0.254 e. The quantitative estimate of drug-likeness (QED) is 0.854. The van der Waals surface area contributed by atoms with Gasteiger partial charge in [-0.2, -0.15) is 0 Å². The standard InChI is InChI=1S/C17H21ClN2O4/c18-13-4-2-1-3-12(13)15-16(24-10-14(22)19-15)17(23)20-7-5-11(9-21)6-8-20/h1-4,11,15-16,21H,5-10H2,(H,19,22). The molecule has 6 nitrogen and oxygen atoms in total. The summed E-state index contributed by atoms with van der Waals surface area (Å²) in [7, 11) is 0. The number of carbonyl (C=O) groups excluding carboxylic acids is 2. The van der Waals surface area contributed by atoms with Crippen LogP contribution in [0.2, 0.25) is 5.02 Å². The lowest BCUT2D eigenvalue weighted by molar-refractivity contribution is -0.156. The van der Waals surface area contributed by atoms with Crippen LogP contribution in [0.25, 0.3) is 0 Å². The van der Waals surface area contributed by atoms with Gasteiger partial charge in [-0.05, 0) is 30.4 Å². The van der Waals surface area contributed by atoms with E-state index in [1.807, 2.05) is 6.07 Å². The van der Waals surface area contributed by atoms with Crippen LogP contribution in [0, 0.1) is 5.92 Å². The average Bonchev–Trinajstić information content (AvgIpc) is 2.61. The Morgan fingerprint density at radius 2 is 2.04 bits per heavy atom. The van der Waals surface area contributed by atoms with Crippen LogP contribution in [0.3, 0.4) is 0 Å². The highest BCUT2D eigenvalue weighted by molar-refractivity contribution is 6.31. The molecule has 0 bridgehead atoms. The Morgan fingerprint density at radius 3 is 2.71 bits per heavy atom. The van der Waals surface area contributed by atoms with Crippen LogP contribution in [-0.2, 0) is 14.3 Å². The third-order valence-electron chi connectivity index (χ3n) is 4.68. The van der Waals surface area contributed by atoms with Crippen LogP contribution in [-0.4, -0.2) is 54.2 Å². The number of hydrogen-bond acceptors (Lipinski definition) is 4. The highest BCUT2D eigenvalue weighted by Gasteiger charge is 2.39. The van der Waals surface area contributed by atoms with Crippen LogP contribution in [0.1, 0.15) is 24.4 Å². The number of piperidine rings is 1. The van der Waals surface area contributed by atoms with E-state index in [1.54, 1.807) is 23.1 Å². The molecule has 0 radical (unpaired) electrons. The molecule has 2 atom stereocenters. The zero-order valence-corrected chi connectivity index (χ0v) is 14.0. The lowest BCUT2D eigenvalue weighted by Gasteiger charge is -2.38. The summed E-state index contributed by atoms with van der Waals surface area (Å²) in [5, 5.41) is 12.5. The molecule has 2 amide bonds. The second-order valence-corrected chi connectivity index (χ2v) is 6.66. The lowest BCUT2D eigenvalue weighted by Crippen LogP contribution is -2.54. The lowest BCUT2D eigenvalue weighted by atomic mass is 9.95. The number of hydrogen-bond donors (Lipinski definition) is 2. The van der Waals surface area contributed by atoms with Crippen molar-refractivity contribution in [2.75, 3.05) is 26.3 Å². The molecule has 0 aliphatic carbocycles. The first kappa shape index (κ1) is 17.2. The van der Waals surface area contributed by atoms with E-state index in [4.69, 9.17) is 16.3 Å². The van der Waals surface area contributed by atoms with Gasteiger partial charge in [0.05, 0.1) is 6.04 Å². The summed E-state index contributed by atoms with van der Waals surface area (Å²) in [6.07, 6.45) is 0.768. The summed E-state index contributed by atoms with van der Waals surface area (Å²) in [4.78, 5) is 26.4. The topological polar surface area (TPSA) is 78.9 Å². The maximum absolute atomic E-state index is 12.9. The molecule has 130 valence electrons. The summed E-state index contributed by atoms with van der Waals surface area (Å²) < 4.78 is 5.57. The molecule has 2 N–H and O–H groups in total. The fourth-order valence-electron chi connectivity index (χ4n) is 3.25. The monoisotopic (exact) mass is 352 g/mol. The molecular weight excluding hydrogens is 332 g/mol. The van der Waals surface area contributed by atoms with E-state index in [9.17, 15) is 14.7 Å². The van der Waals surface area contributed by atoms with Gasteiger partial charge >= 0.3 is 0 Å². The second-order valence-electron chi connectivity index (χ2n) is 6.25. The van der Waals surface area contributed by atoms with Crippen molar-refractivity contribution in [3.05, 3.63) is 34.9 Å². The Kier molecular flexibility index (Phi) is 5.38. The summed E-state index contributed by atoms with van der Waals surface area (Å²) >= 11 is 6.24. The van der Waals surface area contributed by atoms with Crippen molar-refractivity contribution in [2.45, 2.75) is 25.0 Å². The van der Waals surface area contributed by atoms with Gasteiger partial charge < -0.3 is 20.1 Å². The van der Waals surface area contributed by atoms with Crippen molar-refractivity contribution >= 4 is 23.4 Å². The minimum Gasteiger partial charge on any atom is -0.396 e. The number of aliphatic hydroxyl groups excluding tert-OH is 1. The molecule has 2 aliphatic heterocycles. The Bertz CT molecular complexity index is 616. The molecule has 3 rings (SSSR count). The second kappa shape index (κ2) is 7.51. The highest BCUT2D eigenvalue weighted by atomic mass is 35.5. The third kappa shape index (κ3) is 3.55. The summed E-state index contributed by atoms with van der Waals surface area (Å²) in [5.74, 6) is -0.153. The first-order valence-corrected chi connectivity index (χ1v) is 8.53. The van der Waals surface area contributed by atoms with Crippen LogP contribution in [0.4, 0.5) is 0 Å². The molecule has 1 aromatic rings. The fraction of sp³-hybridized carbons (Fsp3) is 0.529. The SMILES string of the molecule is O=C1COC(C(=O)N2CCC(CO)CC2)C(c2ccccc2Cl)N1. The normalized spacial score (nSPS) is 25.4. The van der Waals surface area contributed by atoms with Crippen molar-refractivity contribution in [2.24, 2.45) is 5.92 Å². The number of amides is 2.